The first-order valence-electron chi connectivity index (χ1n) is 6.90. The van der Waals surface area contributed by atoms with Gasteiger partial charge in [-0.3, -0.25) is 0 Å². The predicted molar refractivity (Wildman–Crippen MR) is 85.9 cm³/mol. The van der Waals surface area contributed by atoms with Crippen LogP contribution in [0.5, 0.6) is 0 Å². The van der Waals surface area contributed by atoms with Gasteiger partial charge in [0.25, 0.3) is 0 Å². The number of esters is 1. The molecular formula is C17H18ClNO2. The van der Waals surface area contributed by atoms with Crippen LogP contribution in [0.4, 0.5) is 5.69 Å². The monoisotopic (exact) mass is 303 g/mol. The van der Waals surface area contributed by atoms with E-state index in [1.54, 1.807) is 13.0 Å². The van der Waals surface area contributed by atoms with Gasteiger partial charge in [-0.05, 0) is 37.6 Å². The molecule has 1 atom stereocenters. The number of halogens is 1. The van der Waals surface area contributed by atoms with Crippen molar-refractivity contribution >= 4 is 23.3 Å². The summed E-state index contributed by atoms with van der Waals surface area (Å²) < 4.78 is 5.07. The lowest BCUT2D eigenvalue weighted by Crippen LogP contribution is -2.12. The SMILES string of the molecule is CCOC(=O)c1ccccc1NC(C)c1ccccc1Cl. The van der Waals surface area contributed by atoms with Crippen molar-refractivity contribution in [3.8, 4) is 0 Å². The molecule has 0 radical (unpaired) electrons. The molecule has 21 heavy (non-hydrogen) atoms. The molecule has 2 aromatic carbocycles. The molecule has 0 bridgehead atoms. The lowest BCUT2D eigenvalue weighted by Gasteiger charge is -2.19. The van der Waals surface area contributed by atoms with E-state index in [0.29, 0.717) is 17.2 Å². The maximum atomic E-state index is 12.0. The lowest BCUT2D eigenvalue weighted by molar-refractivity contribution is 0.0527. The molecule has 0 aliphatic carbocycles. The molecule has 0 aromatic heterocycles. The number of carbonyl (C=O) groups excluding carboxylic acids is 1. The van der Waals surface area contributed by atoms with Gasteiger partial charge < -0.3 is 10.1 Å². The van der Waals surface area contributed by atoms with Crippen LogP contribution in [0.15, 0.2) is 48.5 Å². The molecular weight excluding hydrogens is 286 g/mol. The summed E-state index contributed by atoms with van der Waals surface area (Å²) >= 11 is 6.21. The summed E-state index contributed by atoms with van der Waals surface area (Å²) in [6.07, 6.45) is 0. The van der Waals surface area contributed by atoms with E-state index in [1.165, 1.54) is 0 Å². The topological polar surface area (TPSA) is 38.3 Å². The van der Waals surface area contributed by atoms with E-state index < -0.39 is 0 Å². The number of para-hydroxylation sites is 1. The highest BCUT2D eigenvalue weighted by molar-refractivity contribution is 6.31. The standard InChI is InChI=1S/C17H18ClNO2/c1-3-21-17(20)14-9-5-7-11-16(14)19-12(2)13-8-4-6-10-15(13)18/h4-12,19H,3H2,1-2H3. The molecule has 0 saturated heterocycles. The maximum Gasteiger partial charge on any atom is 0.340 e. The third kappa shape index (κ3) is 3.76. The van der Waals surface area contributed by atoms with Gasteiger partial charge in [0.05, 0.1) is 18.2 Å². The summed E-state index contributed by atoms with van der Waals surface area (Å²) in [4.78, 5) is 12.0. The third-order valence-corrected chi connectivity index (χ3v) is 3.51. The van der Waals surface area contributed by atoms with Crippen molar-refractivity contribution in [3.63, 3.8) is 0 Å². The van der Waals surface area contributed by atoms with Crippen molar-refractivity contribution in [3.05, 3.63) is 64.7 Å². The third-order valence-electron chi connectivity index (χ3n) is 3.17. The zero-order valence-electron chi connectivity index (χ0n) is 12.1. The van der Waals surface area contributed by atoms with Crippen molar-refractivity contribution in [1.82, 2.24) is 0 Å². The summed E-state index contributed by atoms with van der Waals surface area (Å²) in [5.74, 6) is -0.327. The van der Waals surface area contributed by atoms with Gasteiger partial charge in [-0.2, -0.15) is 0 Å². The fourth-order valence-electron chi connectivity index (χ4n) is 2.13. The van der Waals surface area contributed by atoms with Crippen LogP contribution >= 0.6 is 11.6 Å². The quantitative estimate of drug-likeness (QED) is 0.814. The Bertz CT molecular complexity index is 628. The number of anilines is 1. The molecule has 0 saturated carbocycles. The van der Waals surface area contributed by atoms with Gasteiger partial charge in [-0.25, -0.2) is 4.79 Å². The number of hydrogen-bond donors (Lipinski definition) is 1. The van der Waals surface area contributed by atoms with E-state index in [0.717, 1.165) is 11.3 Å². The average Bonchev–Trinajstić information content (AvgIpc) is 2.48. The highest BCUT2D eigenvalue weighted by atomic mass is 35.5. The predicted octanol–water partition coefficient (Wildman–Crippen LogP) is 4.69. The van der Waals surface area contributed by atoms with Gasteiger partial charge in [-0.1, -0.05) is 41.9 Å². The molecule has 1 unspecified atom stereocenters. The fraction of sp³-hybridized carbons (Fsp3) is 0.235. The first-order valence-corrected chi connectivity index (χ1v) is 7.28. The largest absolute Gasteiger partial charge is 0.462 e. The maximum absolute atomic E-state index is 12.0. The van der Waals surface area contributed by atoms with Crippen LogP contribution in [-0.2, 0) is 4.74 Å². The molecule has 0 spiro atoms. The molecule has 2 rings (SSSR count). The van der Waals surface area contributed by atoms with Gasteiger partial charge in [0.1, 0.15) is 0 Å². The molecule has 0 heterocycles. The zero-order valence-corrected chi connectivity index (χ0v) is 12.9. The summed E-state index contributed by atoms with van der Waals surface area (Å²) in [5.41, 5.74) is 2.25. The van der Waals surface area contributed by atoms with Crippen LogP contribution in [0.2, 0.25) is 5.02 Å². The lowest BCUT2D eigenvalue weighted by atomic mass is 10.1. The van der Waals surface area contributed by atoms with Gasteiger partial charge in [-0.15, -0.1) is 0 Å². The summed E-state index contributed by atoms with van der Waals surface area (Å²) in [6.45, 7) is 4.15. The fourth-order valence-corrected chi connectivity index (χ4v) is 2.43. The second kappa shape index (κ2) is 7.14. The smallest absolute Gasteiger partial charge is 0.340 e. The number of benzene rings is 2. The molecule has 0 fully saturated rings. The Morgan fingerprint density at radius 3 is 2.57 bits per heavy atom. The minimum Gasteiger partial charge on any atom is -0.462 e. The van der Waals surface area contributed by atoms with Crippen molar-refractivity contribution < 1.29 is 9.53 Å². The summed E-state index contributed by atoms with van der Waals surface area (Å²) in [5, 5.41) is 4.02. The van der Waals surface area contributed by atoms with Crippen LogP contribution in [-0.4, -0.2) is 12.6 Å². The number of nitrogens with one attached hydrogen (secondary N) is 1. The van der Waals surface area contributed by atoms with Crippen molar-refractivity contribution in [2.75, 3.05) is 11.9 Å². The van der Waals surface area contributed by atoms with Crippen molar-refractivity contribution in [1.29, 1.82) is 0 Å². The summed E-state index contributed by atoms with van der Waals surface area (Å²) in [7, 11) is 0. The Labute approximate surface area is 129 Å². The molecule has 0 aliphatic heterocycles. The number of ether oxygens (including phenoxy) is 1. The van der Waals surface area contributed by atoms with E-state index in [9.17, 15) is 4.79 Å². The van der Waals surface area contributed by atoms with E-state index in [1.807, 2.05) is 49.4 Å². The Balaban J connectivity index is 2.24. The highest BCUT2D eigenvalue weighted by Crippen LogP contribution is 2.27. The molecule has 0 aliphatic rings. The van der Waals surface area contributed by atoms with Gasteiger partial charge >= 0.3 is 5.97 Å². The van der Waals surface area contributed by atoms with Crippen LogP contribution in [0, 0.1) is 0 Å². The van der Waals surface area contributed by atoms with Crippen LogP contribution in [0.1, 0.15) is 35.8 Å². The van der Waals surface area contributed by atoms with Crippen LogP contribution < -0.4 is 5.32 Å². The van der Waals surface area contributed by atoms with E-state index in [4.69, 9.17) is 16.3 Å². The first-order chi connectivity index (χ1) is 10.1. The molecule has 4 heteroatoms. The molecule has 1 N–H and O–H groups in total. The minimum absolute atomic E-state index is 0.0192. The van der Waals surface area contributed by atoms with Crippen molar-refractivity contribution in [2.45, 2.75) is 19.9 Å². The van der Waals surface area contributed by atoms with Crippen molar-refractivity contribution in [2.24, 2.45) is 0 Å². The molecule has 110 valence electrons. The number of hydrogen-bond acceptors (Lipinski definition) is 3. The van der Waals surface area contributed by atoms with Crippen LogP contribution in [0.25, 0.3) is 0 Å². The van der Waals surface area contributed by atoms with E-state index in [-0.39, 0.29) is 12.0 Å². The Morgan fingerprint density at radius 2 is 1.86 bits per heavy atom. The minimum atomic E-state index is -0.327. The molecule has 2 aromatic rings. The second-order valence-corrected chi connectivity index (χ2v) is 5.06. The number of rotatable bonds is 5. The van der Waals surface area contributed by atoms with E-state index in [2.05, 4.69) is 5.32 Å². The zero-order chi connectivity index (χ0) is 15.2. The van der Waals surface area contributed by atoms with Crippen LogP contribution in [0.3, 0.4) is 0 Å². The second-order valence-electron chi connectivity index (χ2n) is 4.65. The summed E-state index contributed by atoms with van der Waals surface area (Å²) in [6, 6.07) is 14.9. The Kier molecular flexibility index (Phi) is 5.23. The first kappa shape index (κ1) is 15.4. The van der Waals surface area contributed by atoms with Gasteiger partial charge in [0.15, 0.2) is 0 Å². The molecule has 0 amide bonds. The molecule has 3 nitrogen and oxygen atoms in total. The van der Waals surface area contributed by atoms with E-state index >= 15 is 0 Å². The Morgan fingerprint density at radius 1 is 1.19 bits per heavy atom. The number of carbonyl (C=O) groups is 1. The van der Waals surface area contributed by atoms with Gasteiger partial charge in [0, 0.05) is 10.7 Å². The van der Waals surface area contributed by atoms with Gasteiger partial charge in [0.2, 0.25) is 0 Å². The highest BCUT2D eigenvalue weighted by Gasteiger charge is 2.15. The normalized spacial score (nSPS) is 11.8. The average molecular weight is 304 g/mol. The Hall–Kier alpha value is -2.00.